The van der Waals surface area contributed by atoms with E-state index in [0.29, 0.717) is 6.54 Å². The van der Waals surface area contributed by atoms with Gasteiger partial charge >= 0.3 is 0 Å². The molecule has 5 heteroatoms. The van der Waals surface area contributed by atoms with Crippen molar-refractivity contribution in [2.24, 2.45) is 0 Å². The minimum atomic E-state index is -1.01. The van der Waals surface area contributed by atoms with E-state index >= 15 is 0 Å². The molecule has 0 bridgehead atoms. The molecule has 0 aliphatic heterocycles. The highest BCUT2D eigenvalue weighted by Gasteiger charge is 2.27. The molecule has 0 aromatic rings. The highest BCUT2D eigenvalue weighted by molar-refractivity contribution is 4.86. The normalized spacial score (nSPS) is 14.5. The number of hydrogen-bond donors (Lipinski definition) is 4. The highest BCUT2D eigenvalue weighted by atomic mass is 16.5. The van der Waals surface area contributed by atoms with Crippen LogP contribution in [0.3, 0.4) is 0 Å². The molecule has 0 radical (unpaired) electrons. The zero-order chi connectivity index (χ0) is 10.3. The van der Waals surface area contributed by atoms with Gasteiger partial charge in [0.05, 0.1) is 31.5 Å². The van der Waals surface area contributed by atoms with E-state index in [2.05, 4.69) is 5.32 Å². The van der Waals surface area contributed by atoms with Gasteiger partial charge in [-0.2, -0.15) is 0 Å². The minimum absolute atomic E-state index is 0.0241. The summed E-state index contributed by atoms with van der Waals surface area (Å²) >= 11 is 0. The Hall–Kier alpha value is -0.200. The van der Waals surface area contributed by atoms with Crippen LogP contribution in [0.1, 0.15) is 6.92 Å². The summed E-state index contributed by atoms with van der Waals surface area (Å²) in [5.74, 6) is 0. The van der Waals surface area contributed by atoms with Gasteiger partial charge in [0, 0.05) is 13.7 Å². The number of hydrogen-bond acceptors (Lipinski definition) is 5. The van der Waals surface area contributed by atoms with Crippen molar-refractivity contribution < 1.29 is 20.1 Å². The lowest BCUT2D eigenvalue weighted by molar-refractivity contribution is 0.0280. The van der Waals surface area contributed by atoms with E-state index in [9.17, 15) is 0 Å². The Morgan fingerprint density at radius 2 is 1.69 bits per heavy atom. The first-order valence-electron chi connectivity index (χ1n) is 4.24. The Kier molecular flexibility index (Phi) is 6.19. The Bertz CT molecular complexity index is 119. The quantitative estimate of drug-likeness (QED) is 0.388. The lowest BCUT2D eigenvalue weighted by atomic mass is 10.0. The van der Waals surface area contributed by atoms with Gasteiger partial charge < -0.3 is 25.4 Å². The van der Waals surface area contributed by atoms with E-state index in [-0.39, 0.29) is 25.9 Å². The van der Waals surface area contributed by atoms with Crippen molar-refractivity contribution >= 4 is 0 Å². The van der Waals surface area contributed by atoms with Crippen molar-refractivity contribution in [3.8, 4) is 0 Å². The summed E-state index contributed by atoms with van der Waals surface area (Å²) in [6, 6.07) is 0. The van der Waals surface area contributed by atoms with Gasteiger partial charge in [-0.1, -0.05) is 0 Å². The lowest BCUT2D eigenvalue weighted by Gasteiger charge is -2.29. The number of aliphatic hydroxyl groups excluding tert-OH is 3. The molecule has 1 atom stereocenters. The first kappa shape index (κ1) is 12.8. The number of aliphatic hydroxyl groups is 3. The molecule has 0 rings (SSSR count). The second-order valence-corrected chi connectivity index (χ2v) is 3.18. The van der Waals surface area contributed by atoms with E-state index < -0.39 is 5.54 Å². The number of rotatable bonds is 7. The molecule has 0 aliphatic carbocycles. The van der Waals surface area contributed by atoms with E-state index in [1.807, 2.05) is 6.92 Å². The molecule has 0 aliphatic rings. The summed E-state index contributed by atoms with van der Waals surface area (Å²) in [5, 5.41) is 29.7. The Morgan fingerprint density at radius 3 is 2.00 bits per heavy atom. The van der Waals surface area contributed by atoms with Gasteiger partial charge in [0.25, 0.3) is 0 Å². The molecule has 0 saturated heterocycles. The fraction of sp³-hybridized carbons (Fsp3) is 1.00. The van der Waals surface area contributed by atoms with Crippen molar-refractivity contribution in [1.82, 2.24) is 5.32 Å². The average Bonchev–Trinajstić information content (AvgIpc) is 2.20. The molecule has 0 saturated carbocycles. The second-order valence-electron chi connectivity index (χ2n) is 3.18. The van der Waals surface area contributed by atoms with Crippen LogP contribution in [0.5, 0.6) is 0 Å². The van der Waals surface area contributed by atoms with Crippen molar-refractivity contribution in [3.63, 3.8) is 0 Å². The number of methoxy groups -OCH3 is 1. The first-order valence-corrected chi connectivity index (χ1v) is 4.24. The predicted molar refractivity (Wildman–Crippen MR) is 48.5 cm³/mol. The molecule has 13 heavy (non-hydrogen) atoms. The summed E-state index contributed by atoms with van der Waals surface area (Å²) in [7, 11) is 1.57. The zero-order valence-electron chi connectivity index (χ0n) is 8.16. The predicted octanol–water partition coefficient (Wildman–Crippen LogP) is -1.67. The number of ether oxygens (including phenoxy) is 1. The van der Waals surface area contributed by atoms with Crippen LogP contribution < -0.4 is 5.32 Å². The van der Waals surface area contributed by atoms with Gasteiger partial charge in [0.1, 0.15) is 0 Å². The van der Waals surface area contributed by atoms with E-state index in [0.717, 1.165) is 0 Å². The molecule has 0 aromatic carbocycles. The standard InChI is InChI=1S/C8H19NO4/c1-7(13-2)3-9-8(4-10,5-11)6-12/h7,9-12H,3-6H2,1-2H3. The van der Waals surface area contributed by atoms with Crippen LogP contribution in [0.15, 0.2) is 0 Å². The maximum Gasteiger partial charge on any atom is 0.0882 e. The SMILES string of the molecule is COC(C)CNC(CO)(CO)CO. The molecular formula is C8H19NO4. The van der Waals surface area contributed by atoms with E-state index in [1.165, 1.54) is 0 Å². The molecule has 0 amide bonds. The summed E-state index contributed by atoms with van der Waals surface area (Å²) in [4.78, 5) is 0. The molecule has 4 N–H and O–H groups in total. The van der Waals surface area contributed by atoms with Gasteiger partial charge in [-0.05, 0) is 6.92 Å². The van der Waals surface area contributed by atoms with Crippen LogP contribution in [-0.2, 0) is 4.74 Å². The second kappa shape index (κ2) is 6.28. The van der Waals surface area contributed by atoms with Crippen molar-refractivity contribution in [1.29, 1.82) is 0 Å². The minimum Gasteiger partial charge on any atom is -0.394 e. The van der Waals surface area contributed by atoms with Crippen molar-refractivity contribution in [2.75, 3.05) is 33.5 Å². The topological polar surface area (TPSA) is 82.0 Å². The van der Waals surface area contributed by atoms with Gasteiger partial charge in [-0.15, -0.1) is 0 Å². The zero-order valence-corrected chi connectivity index (χ0v) is 8.16. The summed E-state index contributed by atoms with van der Waals surface area (Å²) < 4.78 is 4.97. The number of nitrogens with one attached hydrogen (secondary N) is 1. The Morgan fingerprint density at radius 1 is 1.23 bits per heavy atom. The third-order valence-electron chi connectivity index (χ3n) is 2.07. The molecule has 80 valence electrons. The molecule has 1 unspecified atom stereocenters. The van der Waals surface area contributed by atoms with Crippen LogP contribution in [0, 0.1) is 0 Å². The molecule has 5 nitrogen and oxygen atoms in total. The van der Waals surface area contributed by atoms with Crippen LogP contribution in [0.25, 0.3) is 0 Å². The summed E-state index contributed by atoms with van der Waals surface area (Å²) in [5.41, 5.74) is -1.01. The van der Waals surface area contributed by atoms with Crippen LogP contribution in [0.4, 0.5) is 0 Å². The molecule has 0 fully saturated rings. The van der Waals surface area contributed by atoms with Crippen molar-refractivity contribution in [2.45, 2.75) is 18.6 Å². The monoisotopic (exact) mass is 193 g/mol. The van der Waals surface area contributed by atoms with Crippen LogP contribution >= 0.6 is 0 Å². The van der Waals surface area contributed by atoms with Crippen LogP contribution in [0.2, 0.25) is 0 Å². The fourth-order valence-electron chi connectivity index (χ4n) is 0.761. The van der Waals surface area contributed by atoms with Crippen LogP contribution in [-0.4, -0.2) is 60.4 Å². The maximum absolute atomic E-state index is 8.94. The highest BCUT2D eigenvalue weighted by Crippen LogP contribution is 2.01. The van der Waals surface area contributed by atoms with Gasteiger partial charge in [-0.25, -0.2) is 0 Å². The summed E-state index contributed by atoms with van der Waals surface area (Å²) in [6.45, 7) is 1.39. The fourth-order valence-corrected chi connectivity index (χ4v) is 0.761. The van der Waals surface area contributed by atoms with Crippen molar-refractivity contribution in [3.05, 3.63) is 0 Å². The summed E-state index contributed by atoms with van der Waals surface area (Å²) in [6.07, 6.45) is -0.0241. The van der Waals surface area contributed by atoms with Gasteiger partial charge in [0.2, 0.25) is 0 Å². The molecular weight excluding hydrogens is 174 g/mol. The lowest BCUT2D eigenvalue weighted by Crippen LogP contribution is -2.56. The third-order valence-corrected chi connectivity index (χ3v) is 2.07. The third kappa shape index (κ3) is 4.02. The molecule has 0 spiro atoms. The molecule has 0 heterocycles. The Labute approximate surface area is 78.3 Å². The Balaban J connectivity index is 3.95. The molecule has 0 aromatic heterocycles. The van der Waals surface area contributed by atoms with E-state index in [1.54, 1.807) is 7.11 Å². The first-order chi connectivity index (χ1) is 6.14. The average molecular weight is 193 g/mol. The largest absolute Gasteiger partial charge is 0.394 e. The smallest absolute Gasteiger partial charge is 0.0882 e. The van der Waals surface area contributed by atoms with E-state index in [4.69, 9.17) is 20.1 Å². The van der Waals surface area contributed by atoms with Gasteiger partial charge in [-0.3, -0.25) is 0 Å². The van der Waals surface area contributed by atoms with Gasteiger partial charge in [0.15, 0.2) is 0 Å². The maximum atomic E-state index is 8.94.